The molecule has 0 spiro atoms. The predicted molar refractivity (Wildman–Crippen MR) is 114 cm³/mol. The number of phenols is 1. The third kappa shape index (κ3) is 4.28. The Morgan fingerprint density at radius 2 is 1.93 bits per heavy atom. The van der Waals surface area contributed by atoms with Crippen LogP contribution in [-0.4, -0.2) is 34.9 Å². The first kappa shape index (κ1) is 21.7. The van der Waals surface area contributed by atoms with E-state index in [1.165, 1.54) is 6.07 Å². The molecule has 0 saturated heterocycles. The number of hydrogen-bond acceptors (Lipinski definition) is 4. The number of nitrogens with zero attached hydrogens (tertiary/aromatic N) is 1. The molecule has 0 aliphatic carbocycles. The van der Waals surface area contributed by atoms with E-state index in [0.29, 0.717) is 23.4 Å². The molecule has 5 nitrogen and oxygen atoms in total. The van der Waals surface area contributed by atoms with E-state index in [0.717, 1.165) is 22.1 Å². The Morgan fingerprint density at radius 3 is 2.57 bits per heavy atom. The van der Waals surface area contributed by atoms with Gasteiger partial charge < -0.3 is 14.9 Å². The first-order valence-corrected chi connectivity index (χ1v) is 9.86. The van der Waals surface area contributed by atoms with Crippen LogP contribution in [0.4, 0.5) is 4.39 Å². The molecule has 1 heterocycles. The summed E-state index contributed by atoms with van der Waals surface area (Å²) in [7, 11) is 1.62. The third-order valence-electron chi connectivity index (χ3n) is 5.36. The number of aryl methyl sites for hydroxylation is 1. The van der Waals surface area contributed by atoms with Gasteiger partial charge in [-0.1, -0.05) is 19.9 Å². The molecule has 2 aromatic carbocycles. The lowest BCUT2D eigenvalue weighted by molar-refractivity contribution is -0.141. The zero-order valence-electron chi connectivity index (χ0n) is 17.6. The zero-order chi connectivity index (χ0) is 22.0. The summed E-state index contributed by atoms with van der Waals surface area (Å²) in [6.45, 7) is 5.78. The Morgan fingerprint density at radius 1 is 1.20 bits per heavy atom. The molecular weight excluding hydrogens is 385 g/mol. The Labute approximate surface area is 175 Å². The number of carboxylic acids is 1. The highest BCUT2D eigenvalue weighted by atomic mass is 19.1. The van der Waals surface area contributed by atoms with Crippen LogP contribution in [0.5, 0.6) is 5.75 Å². The van der Waals surface area contributed by atoms with E-state index in [1.807, 2.05) is 6.92 Å². The smallest absolute Gasteiger partial charge is 0.306 e. The number of hydrogen-bond donors (Lipinski definition) is 2. The van der Waals surface area contributed by atoms with Crippen molar-refractivity contribution in [1.82, 2.24) is 4.98 Å². The number of ether oxygens (including phenoxy) is 1. The van der Waals surface area contributed by atoms with Crippen molar-refractivity contribution < 1.29 is 24.1 Å². The summed E-state index contributed by atoms with van der Waals surface area (Å²) in [5, 5.41) is 20.3. The summed E-state index contributed by atoms with van der Waals surface area (Å²) >= 11 is 0. The summed E-state index contributed by atoms with van der Waals surface area (Å²) in [5.74, 6) is -1.83. The van der Waals surface area contributed by atoms with Crippen molar-refractivity contribution in [3.05, 3.63) is 59.0 Å². The fourth-order valence-electron chi connectivity index (χ4n) is 3.83. The minimum atomic E-state index is -0.905. The van der Waals surface area contributed by atoms with E-state index in [-0.39, 0.29) is 23.9 Å². The molecule has 1 aromatic heterocycles. The molecule has 0 amide bonds. The second kappa shape index (κ2) is 8.79. The monoisotopic (exact) mass is 411 g/mol. The van der Waals surface area contributed by atoms with Gasteiger partial charge in [-0.25, -0.2) is 4.39 Å². The Bertz CT molecular complexity index is 1100. The van der Waals surface area contributed by atoms with Crippen LogP contribution in [0.2, 0.25) is 0 Å². The lowest BCUT2D eigenvalue weighted by Crippen LogP contribution is -2.17. The van der Waals surface area contributed by atoms with Gasteiger partial charge in [0, 0.05) is 36.6 Å². The molecule has 6 heteroatoms. The number of halogens is 1. The van der Waals surface area contributed by atoms with E-state index in [4.69, 9.17) is 9.72 Å². The number of carbonyl (C=O) groups is 1. The standard InChI is InChI=1S/C24H26FNO4/c1-13-9-16(5-8-19(13)25)23-18-7-6-17(27)11-20(18)26-21(10-14(2)24(28)29)22(23)15(3)12-30-4/h5-9,11,14-15,27H,10,12H2,1-4H3,(H,28,29). The van der Waals surface area contributed by atoms with E-state index >= 15 is 0 Å². The molecule has 2 unspecified atom stereocenters. The van der Waals surface area contributed by atoms with Crippen molar-refractivity contribution in [2.75, 3.05) is 13.7 Å². The number of aromatic hydroxyl groups is 1. The average Bonchev–Trinajstić information content (AvgIpc) is 2.69. The largest absolute Gasteiger partial charge is 0.508 e. The number of aliphatic carboxylic acids is 1. The van der Waals surface area contributed by atoms with Gasteiger partial charge >= 0.3 is 5.97 Å². The van der Waals surface area contributed by atoms with Crippen LogP contribution in [-0.2, 0) is 16.0 Å². The highest BCUT2D eigenvalue weighted by molar-refractivity contribution is 5.97. The summed E-state index contributed by atoms with van der Waals surface area (Å²) in [6.07, 6.45) is 0.234. The Balaban J connectivity index is 2.39. The van der Waals surface area contributed by atoms with Crippen LogP contribution in [0.15, 0.2) is 36.4 Å². The zero-order valence-corrected chi connectivity index (χ0v) is 17.6. The van der Waals surface area contributed by atoms with Gasteiger partial charge in [-0.3, -0.25) is 9.78 Å². The Hall–Kier alpha value is -2.99. The van der Waals surface area contributed by atoms with Crippen molar-refractivity contribution >= 4 is 16.9 Å². The van der Waals surface area contributed by atoms with Gasteiger partial charge in [-0.05, 0) is 53.4 Å². The maximum absolute atomic E-state index is 14.0. The second-order valence-electron chi connectivity index (χ2n) is 7.81. The van der Waals surface area contributed by atoms with E-state index in [2.05, 4.69) is 0 Å². The lowest BCUT2D eigenvalue weighted by atomic mass is 9.85. The van der Waals surface area contributed by atoms with Crippen molar-refractivity contribution in [1.29, 1.82) is 0 Å². The third-order valence-corrected chi connectivity index (χ3v) is 5.36. The van der Waals surface area contributed by atoms with E-state index in [1.54, 1.807) is 51.3 Å². The molecule has 0 saturated carbocycles. The number of rotatable bonds is 7. The maximum Gasteiger partial charge on any atom is 0.306 e. The molecule has 158 valence electrons. The van der Waals surface area contributed by atoms with Crippen molar-refractivity contribution in [2.24, 2.45) is 5.92 Å². The summed E-state index contributed by atoms with van der Waals surface area (Å²) in [5.41, 5.74) is 4.28. The van der Waals surface area contributed by atoms with Crippen LogP contribution >= 0.6 is 0 Å². The summed E-state index contributed by atoms with van der Waals surface area (Å²) < 4.78 is 19.4. The summed E-state index contributed by atoms with van der Waals surface area (Å²) in [4.78, 5) is 16.3. The number of methoxy groups -OCH3 is 1. The van der Waals surface area contributed by atoms with Crippen molar-refractivity contribution in [3.63, 3.8) is 0 Å². The average molecular weight is 411 g/mol. The van der Waals surface area contributed by atoms with E-state index < -0.39 is 11.9 Å². The van der Waals surface area contributed by atoms with Gasteiger partial charge in [-0.2, -0.15) is 0 Å². The fourth-order valence-corrected chi connectivity index (χ4v) is 3.83. The first-order valence-electron chi connectivity index (χ1n) is 9.86. The molecule has 30 heavy (non-hydrogen) atoms. The SMILES string of the molecule is COCC(C)c1c(CC(C)C(=O)O)nc2cc(O)ccc2c1-c1ccc(F)c(C)c1. The van der Waals surface area contributed by atoms with Crippen molar-refractivity contribution in [2.45, 2.75) is 33.1 Å². The van der Waals surface area contributed by atoms with Gasteiger partial charge in [0.1, 0.15) is 11.6 Å². The number of pyridine rings is 1. The van der Waals surface area contributed by atoms with E-state index in [9.17, 15) is 19.4 Å². The molecule has 0 fully saturated rings. The maximum atomic E-state index is 14.0. The Kier molecular flexibility index (Phi) is 6.37. The van der Waals surface area contributed by atoms with Gasteiger partial charge in [-0.15, -0.1) is 0 Å². The van der Waals surface area contributed by atoms with Gasteiger partial charge in [0.2, 0.25) is 0 Å². The first-order chi connectivity index (χ1) is 14.2. The molecule has 3 rings (SSSR count). The highest BCUT2D eigenvalue weighted by Gasteiger charge is 2.24. The number of fused-ring (bicyclic) bond motifs is 1. The van der Waals surface area contributed by atoms with Crippen LogP contribution in [0.1, 0.15) is 36.6 Å². The molecule has 3 aromatic rings. The van der Waals surface area contributed by atoms with Gasteiger partial charge in [0.05, 0.1) is 18.0 Å². The van der Waals surface area contributed by atoms with Crippen LogP contribution < -0.4 is 0 Å². The minimum Gasteiger partial charge on any atom is -0.508 e. The number of carboxylic acid groups (broad SMARTS) is 1. The van der Waals surface area contributed by atoms with Crippen LogP contribution in [0.3, 0.4) is 0 Å². The molecule has 2 N–H and O–H groups in total. The molecular formula is C24H26FNO4. The molecule has 2 atom stereocenters. The molecule has 0 aliphatic heterocycles. The predicted octanol–water partition coefficient (Wildman–Crippen LogP) is 5.07. The number of aromatic nitrogens is 1. The molecule has 0 bridgehead atoms. The van der Waals surface area contributed by atoms with Crippen LogP contribution in [0.25, 0.3) is 22.0 Å². The highest BCUT2D eigenvalue weighted by Crippen LogP contribution is 2.39. The minimum absolute atomic E-state index is 0.0722. The summed E-state index contributed by atoms with van der Waals surface area (Å²) in [6, 6.07) is 9.88. The number of phenolic OH excluding ortho intramolecular Hbond substituents is 1. The number of benzene rings is 2. The molecule has 0 radical (unpaired) electrons. The fraction of sp³-hybridized carbons (Fsp3) is 0.333. The van der Waals surface area contributed by atoms with Crippen LogP contribution in [0, 0.1) is 18.7 Å². The normalized spacial score (nSPS) is 13.4. The van der Waals surface area contributed by atoms with Gasteiger partial charge in [0.15, 0.2) is 0 Å². The topological polar surface area (TPSA) is 79.7 Å². The second-order valence-corrected chi connectivity index (χ2v) is 7.81. The lowest BCUT2D eigenvalue weighted by Gasteiger charge is -2.23. The van der Waals surface area contributed by atoms with Gasteiger partial charge in [0.25, 0.3) is 0 Å². The molecule has 0 aliphatic rings. The van der Waals surface area contributed by atoms with Crippen molar-refractivity contribution in [3.8, 4) is 16.9 Å². The quantitative estimate of drug-likeness (QED) is 0.568.